The maximum atomic E-state index is 12.6. The molecule has 5 rings (SSSR count). The van der Waals surface area contributed by atoms with Gasteiger partial charge >= 0.3 is 0 Å². The summed E-state index contributed by atoms with van der Waals surface area (Å²) in [5.74, 6) is 1.61. The highest BCUT2D eigenvalue weighted by Crippen LogP contribution is 2.28. The van der Waals surface area contributed by atoms with Gasteiger partial charge in [-0.05, 0) is 42.8 Å². The lowest BCUT2D eigenvalue weighted by Gasteiger charge is -2.32. The fourth-order valence-electron chi connectivity index (χ4n) is 4.47. The van der Waals surface area contributed by atoms with Crippen LogP contribution in [0.5, 0.6) is 0 Å². The van der Waals surface area contributed by atoms with E-state index in [0.717, 1.165) is 47.7 Å². The molecule has 1 aliphatic rings. The molecular formula is C24H26N6O2S. The first-order valence-corrected chi connectivity index (χ1v) is 12.2. The fraction of sp³-hybridized carbons (Fsp3) is 0.375. The molecule has 0 atom stereocenters. The molecule has 3 aromatic heterocycles. The molecule has 1 aliphatic heterocycles. The number of piperidine rings is 1. The summed E-state index contributed by atoms with van der Waals surface area (Å²) < 4.78 is 4.01. The van der Waals surface area contributed by atoms with Crippen molar-refractivity contribution in [3.05, 3.63) is 64.9 Å². The van der Waals surface area contributed by atoms with Gasteiger partial charge in [0.15, 0.2) is 5.78 Å². The van der Waals surface area contributed by atoms with E-state index < -0.39 is 0 Å². The van der Waals surface area contributed by atoms with Gasteiger partial charge in [-0.15, -0.1) is 16.4 Å². The summed E-state index contributed by atoms with van der Waals surface area (Å²) in [5, 5.41) is 10.4. The van der Waals surface area contributed by atoms with Crippen LogP contribution in [0.15, 0.2) is 54.2 Å². The average molecular weight is 463 g/mol. The standard InChI is InChI=1S/C24H26N6O2S/c31-21(22-8-4-16-33-22)7-3-9-23(32)28-13-10-18(11-14-28)24-25-12-15-29(24)17-30-20-6-2-1-5-19(20)26-27-30/h1-2,4-6,8,12,15-16,18H,3,7,9-11,13-14,17H2. The van der Waals surface area contributed by atoms with Crippen LogP contribution in [0.1, 0.15) is 53.5 Å². The van der Waals surface area contributed by atoms with Crippen molar-refractivity contribution in [3.8, 4) is 0 Å². The number of ketones is 1. The third kappa shape index (κ3) is 4.73. The Hall–Kier alpha value is -3.33. The molecule has 4 heterocycles. The number of carbonyl (C=O) groups excluding carboxylic acids is 2. The number of Topliss-reactive ketones (excluding diaryl/α,β-unsaturated/α-hetero) is 1. The van der Waals surface area contributed by atoms with Crippen molar-refractivity contribution in [2.75, 3.05) is 13.1 Å². The summed E-state index contributed by atoms with van der Waals surface area (Å²) >= 11 is 1.46. The number of carbonyl (C=O) groups is 2. The van der Waals surface area contributed by atoms with Crippen LogP contribution in [0.4, 0.5) is 0 Å². The first-order valence-electron chi connectivity index (χ1n) is 11.3. The molecule has 33 heavy (non-hydrogen) atoms. The molecule has 8 nitrogen and oxygen atoms in total. The molecule has 170 valence electrons. The molecule has 1 amide bonds. The minimum absolute atomic E-state index is 0.128. The Balaban J connectivity index is 1.14. The highest BCUT2D eigenvalue weighted by Gasteiger charge is 2.26. The Kier molecular flexibility index (Phi) is 6.30. The van der Waals surface area contributed by atoms with Crippen molar-refractivity contribution in [2.45, 2.75) is 44.7 Å². The van der Waals surface area contributed by atoms with Crippen molar-refractivity contribution in [1.29, 1.82) is 0 Å². The summed E-state index contributed by atoms with van der Waals surface area (Å²) in [6.45, 7) is 2.01. The second-order valence-corrected chi connectivity index (χ2v) is 9.33. The number of amides is 1. The van der Waals surface area contributed by atoms with Gasteiger partial charge in [0.05, 0.1) is 10.4 Å². The van der Waals surface area contributed by atoms with Gasteiger partial charge in [0.2, 0.25) is 5.91 Å². The van der Waals surface area contributed by atoms with E-state index in [1.165, 1.54) is 11.3 Å². The van der Waals surface area contributed by atoms with E-state index >= 15 is 0 Å². The third-order valence-corrected chi connectivity index (χ3v) is 7.17. The number of para-hydroxylation sites is 1. The van der Waals surface area contributed by atoms with Gasteiger partial charge in [0, 0.05) is 44.2 Å². The van der Waals surface area contributed by atoms with Gasteiger partial charge in [-0.1, -0.05) is 23.4 Å². The van der Waals surface area contributed by atoms with Crippen LogP contribution in [0.2, 0.25) is 0 Å². The number of fused-ring (bicyclic) bond motifs is 1. The smallest absolute Gasteiger partial charge is 0.222 e. The van der Waals surface area contributed by atoms with E-state index in [2.05, 4.69) is 19.9 Å². The maximum absolute atomic E-state index is 12.6. The number of nitrogens with zero attached hydrogens (tertiary/aromatic N) is 6. The van der Waals surface area contributed by atoms with Crippen LogP contribution in [-0.2, 0) is 11.5 Å². The number of benzene rings is 1. The predicted octanol–water partition coefficient (Wildman–Crippen LogP) is 3.95. The number of aromatic nitrogens is 5. The zero-order valence-electron chi connectivity index (χ0n) is 18.3. The molecule has 0 aliphatic carbocycles. The molecule has 0 spiro atoms. The summed E-state index contributed by atoms with van der Waals surface area (Å²) in [5.41, 5.74) is 1.87. The topological polar surface area (TPSA) is 85.9 Å². The Morgan fingerprint density at radius 3 is 2.73 bits per heavy atom. The number of imidazole rings is 1. The van der Waals surface area contributed by atoms with E-state index in [0.29, 0.717) is 31.8 Å². The first kappa shape index (κ1) is 21.5. The number of hydrogen-bond acceptors (Lipinski definition) is 6. The SMILES string of the molecule is O=C(CCCC(=O)N1CCC(c2nccn2Cn2nnc3ccccc32)CC1)c1cccs1. The summed E-state index contributed by atoms with van der Waals surface area (Å²) in [7, 11) is 0. The molecule has 0 unspecified atom stereocenters. The van der Waals surface area contributed by atoms with Gasteiger partial charge in [-0.3, -0.25) is 9.59 Å². The number of hydrogen-bond donors (Lipinski definition) is 0. The van der Waals surface area contributed by atoms with Crippen molar-refractivity contribution < 1.29 is 9.59 Å². The predicted molar refractivity (Wildman–Crippen MR) is 126 cm³/mol. The van der Waals surface area contributed by atoms with E-state index in [1.807, 2.05) is 63.8 Å². The van der Waals surface area contributed by atoms with Gasteiger partial charge < -0.3 is 9.47 Å². The monoisotopic (exact) mass is 462 g/mol. The molecule has 9 heteroatoms. The maximum Gasteiger partial charge on any atom is 0.222 e. The Morgan fingerprint density at radius 2 is 1.91 bits per heavy atom. The lowest BCUT2D eigenvalue weighted by atomic mass is 9.95. The van der Waals surface area contributed by atoms with Crippen LogP contribution in [0.25, 0.3) is 11.0 Å². The molecule has 4 aromatic rings. The molecular weight excluding hydrogens is 436 g/mol. The van der Waals surface area contributed by atoms with Crippen LogP contribution in [0.3, 0.4) is 0 Å². The first-order chi connectivity index (χ1) is 16.2. The van der Waals surface area contributed by atoms with E-state index in [1.54, 1.807) is 0 Å². The van der Waals surface area contributed by atoms with Crippen LogP contribution >= 0.6 is 11.3 Å². The van der Waals surface area contributed by atoms with E-state index in [9.17, 15) is 9.59 Å². The molecule has 0 N–H and O–H groups in total. The minimum atomic E-state index is 0.128. The third-order valence-electron chi connectivity index (χ3n) is 6.26. The minimum Gasteiger partial charge on any atom is -0.343 e. The summed E-state index contributed by atoms with van der Waals surface area (Å²) in [6, 6.07) is 11.6. The summed E-state index contributed by atoms with van der Waals surface area (Å²) in [6.07, 6.45) is 7.03. The van der Waals surface area contributed by atoms with Gasteiger partial charge in [0.1, 0.15) is 18.0 Å². The molecule has 0 saturated carbocycles. The van der Waals surface area contributed by atoms with Crippen LogP contribution in [-0.4, -0.2) is 54.2 Å². The highest BCUT2D eigenvalue weighted by molar-refractivity contribution is 7.12. The highest BCUT2D eigenvalue weighted by atomic mass is 32.1. The van der Waals surface area contributed by atoms with Gasteiger partial charge in [-0.25, -0.2) is 9.67 Å². The van der Waals surface area contributed by atoms with Crippen molar-refractivity contribution in [1.82, 2.24) is 29.4 Å². The van der Waals surface area contributed by atoms with Crippen LogP contribution < -0.4 is 0 Å². The number of rotatable bonds is 8. The largest absolute Gasteiger partial charge is 0.343 e. The Bertz CT molecular complexity index is 1240. The molecule has 1 aromatic carbocycles. The quantitative estimate of drug-likeness (QED) is 0.370. The lowest BCUT2D eigenvalue weighted by Crippen LogP contribution is -2.38. The second kappa shape index (κ2) is 9.66. The zero-order chi connectivity index (χ0) is 22.6. The summed E-state index contributed by atoms with van der Waals surface area (Å²) in [4.78, 5) is 32.1. The Morgan fingerprint density at radius 1 is 1.06 bits per heavy atom. The van der Waals surface area contributed by atoms with Crippen molar-refractivity contribution in [2.24, 2.45) is 0 Å². The second-order valence-electron chi connectivity index (χ2n) is 8.38. The molecule has 1 saturated heterocycles. The van der Waals surface area contributed by atoms with E-state index in [-0.39, 0.29) is 11.7 Å². The Labute approximate surface area is 195 Å². The van der Waals surface area contributed by atoms with E-state index in [4.69, 9.17) is 0 Å². The number of likely N-dealkylation sites (tertiary alicyclic amines) is 1. The van der Waals surface area contributed by atoms with Gasteiger partial charge in [-0.2, -0.15) is 0 Å². The zero-order valence-corrected chi connectivity index (χ0v) is 19.2. The van der Waals surface area contributed by atoms with Gasteiger partial charge in [0.25, 0.3) is 0 Å². The number of thiophene rings is 1. The van der Waals surface area contributed by atoms with Crippen molar-refractivity contribution >= 4 is 34.1 Å². The lowest BCUT2D eigenvalue weighted by molar-refractivity contribution is -0.132. The van der Waals surface area contributed by atoms with Crippen molar-refractivity contribution in [3.63, 3.8) is 0 Å². The van der Waals surface area contributed by atoms with Crippen LogP contribution in [0, 0.1) is 0 Å². The molecule has 0 radical (unpaired) electrons. The normalized spacial score (nSPS) is 14.7. The molecule has 1 fully saturated rings. The fourth-order valence-corrected chi connectivity index (χ4v) is 5.17. The average Bonchev–Trinajstić information content (AvgIpc) is 3.61. The molecule has 0 bridgehead atoms.